The molecule has 0 spiro atoms. The van der Waals surface area contributed by atoms with Crippen LogP contribution in [-0.2, 0) is 0 Å². The molecule has 0 aliphatic heterocycles. The lowest BCUT2D eigenvalue weighted by molar-refractivity contribution is 1.78. The van der Waals surface area contributed by atoms with Crippen molar-refractivity contribution in [2.45, 2.75) is 0 Å². The van der Waals surface area contributed by atoms with Crippen molar-refractivity contribution < 1.29 is 0 Å². The molecule has 0 heteroatoms. The van der Waals surface area contributed by atoms with Crippen molar-refractivity contribution in [3.05, 3.63) is 97.1 Å². The first-order valence-electron chi connectivity index (χ1n) is 9.04. The van der Waals surface area contributed by atoms with E-state index in [4.69, 9.17) is 0 Å². The maximum atomic E-state index is 2.36. The average molecular weight is 328 g/mol. The summed E-state index contributed by atoms with van der Waals surface area (Å²) in [5, 5.41) is 13.1. The van der Waals surface area contributed by atoms with Crippen LogP contribution in [0.5, 0.6) is 0 Å². The molecule has 0 saturated carbocycles. The molecule has 0 nitrogen and oxygen atoms in total. The van der Waals surface area contributed by atoms with Gasteiger partial charge in [0, 0.05) is 0 Å². The van der Waals surface area contributed by atoms with Gasteiger partial charge in [-0.1, -0.05) is 72.8 Å². The van der Waals surface area contributed by atoms with Gasteiger partial charge in [-0.25, -0.2) is 0 Å². The van der Waals surface area contributed by atoms with Crippen molar-refractivity contribution in [1.29, 1.82) is 0 Å². The van der Waals surface area contributed by atoms with E-state index in [9.17, 15) is 0 Å². The molecule has 0 aromatic heterocycles. The largest absolute Gasteiger partial charge is 0.0616 e. The quantitative estimate of drug-likeness (QED) is 0.200. The number of fused-ring (bicyclic) bond motifs is 7. The molecule has 26 heavy (non-hydrogen) atoms. The summed E-state index contributed by atoms with van der Waals surface area (Å²) in [7, 11) is 0. The Hall–Kier alpha value is -3.38. The van der Waals surface area contributed by atoms with E-state index in [0.29, 0.717) is 0 Å². The van der Waals surface area contributed by atoms with E-state index in [-0.39, 0.29) is 0 Å². The van der Waals surface area contributed by atoms with Crippen LogP contribution in [0.1, 0.15) is 0 Å². The van der Waals surface area contributed by atoms with E-state index in [0.717, 1.165) is 0 Å². The SMILES string of the molecule is c1ccc2cc3cc4c(ccc5c6ccccc6ccc45)cc3cc2c1. The molecule has 6 aromatic carbocycles. The normalized spacial score (nSPS) is 11.8. The lowest BCUT2D eigenvalue weighted by Crippen LogP contribution is -1.82. The molecule has 0 aliphatic carbocycles. The molecule has 0 heterocycles. The summed E-state index contributed by atoms with van der Waals surface area (Å²) in [4.78, 5) is 0. The fourth-order valence-corrected chi connectivity index (χ4v) is 4.26. The van der Waals surface area contributed by atoms with Gasteiger partial charge in [-0.3, -0.25) is 0 Å². The molecule has 6 aromatic rings. The fraction of sp³-hybridized carbons (Fsp3) is 0. The fourth-order valence-electron chi connectivity index (χ4n) is 4.26. The van der Waals surface area contributed by atoms with Crippen molar-refractivity contribution in [1.82, 2.24) is 0 Å². The van der Waals surface area contributed by atoms with Gasteiger partial charge in [0.15, 0.2) is 0 Å². The van der Waals surface area contributed by atoms with E-state index in [1.54, 1.807) is 0 Å². The van der Waals surface area contributed by atoms with Gasteiger partial charge >= 0.3 is 0 Å². The minimum Gasteiger partial charge on any atom is -0.0616 e. The van der Waals surface area contributed by atoms with E-state index in [2.05, 4.69) is 97.1 Å². The van der Waals surface area contributed by atoms with Crippen LogP contribution < -0.4 is 0 Å². The number of rotatable bonds is 0. The van der Waals surface area contributed by atoms with Crippen molar-refractivity contribution in [2.75, 3.05) is 0 Å². The Labute approximate surface area is 151 Å². The van der Waals surface area contributed by atoms with Gasteiger partial charge in [0.25, 0.3) is 0 Å². The summed E-state index contributed by atoms with van der Waals surface area (Å²) in [6, 6.07) is 35.6. The zero-order chi connectivity index (χ0) is 17.1. The van der Waals surface area contributed by atoms with E-state index in [1.807, 2.05) is 0 Å². The van der Waals surface area contributed by atoms with Gasteiger partial charge < -0.3 is 0 Å². The second-order valence-corrected chi connectivity index (χ2v) is 7.07. The predicted molar refractivity (Wildman–Crippen MR) is 114 cm³/mol. The van der Waals surface area contributed by atoms with Gasteiger partial charge in [0.05, 0.1) is 0 Å². The Morgan fingerprint density at radius 3 is 1.58 bits per heavy atom. The minimum atomic E-state index is 1.30. The smallest absolute Gasteiger partial charge is 0.00987 e. The molecule has 0 amide bonds. The Bertz CT molecular complexity index is 1470. The average Bonchev–Trinajstić information content (AvgIpc) is 2.70. The Morgan fingerprint density at radius 2 is 0.808 bits per heavy atom. The van der Waals surface area contributed by atoms with Crippen LogP contribution in [0.15, 0.2) is 97.1 Å². The molecule has 0 saturated heterocycles. The maximum absolute atomic E-state index is 2.36. The van der Waals surface area contributed by atoms with Crippen LogP contribution in [0.25, 0.3) is 53.9 Å². The van der Waals surface area contributed by atoms with E-state index in [1.165, 1.54) is 53.9 Å². The highest BCUT2D eigenvalue weighted by Crippen LogP contribution is 2.34. The third kappa shape index (κ3) is 1.90. The minimum absolute atomic E-state index is 1.30. The van der Waals surface area contributed by atoms with Crippen LogP contribution in [0.4, 0.5) is 0 Å². The number of benzene rings is 6. The summed E-state index contributed by atoms with van der Waals surface area (Å²) >= 11 is 0. The van der Waals surface area contributed by atoms with Crippen LogP contribution in [0.2, 0.25) is 0 Å². The summed E-state index contributed by atoms with van der Waals surface area (Å²) in [6.45, 7) is 0. The second kappa shape index (κ2) is 5.06. The third-order valence-electron chi connectivity index (χ3n) is 5.56. The summed E-state index contributed by atoms with van der Waals surface area (Å²) in [5.74, 6) is 0. The molecule has 6 rings (SSSR count). The molecule has 0 atom stereocenters. The maximum Gasteiger partial charge on any atom is -0.00987 e. The van der Waals surface area contributed by atoms with Gasteiger partial charge in [0.1, 0.15) is 0 Å². The van der Waals surface area contributed by atoms with Crippen molar-refractivity contribution in [3.63, 3.8) is 0 Å². The molecule has 0 aliphatic rings. The van der Waals surface area contributed by atoms with E-state index >= 15 is 0 Å². The molecule has 0 radical (unpaired) electrons. The molecule has 0 unspecified atom stereocenters. The van der Waals surface area contributed by atoms with Gasteiger partial charge in [0.2, 0.25) is 0 Å². The van der Waals surface area contributed by atoms with Crippen molar-refractivity contribution >= 4 is 53.9 Å². The van der Waals surface area contributed by atoms with Gasteiger partial charge in [-0.15, -0.1) is 0 Å². The summed E-state index contributed by atoms with van der Waals surface area (Å²) in [6.07, 6.45) is 0. The number of hydrogen-bond acceptors (Lipinski definition) is 0. The second-order valence-electron chi connectivity index (χ2n) is 7.07. The van der Waals surface area contributed by atoms with Crippen LogP contribution in [-0.4, -0.2) is 0 Å². The first-order valence-corrected chi connectivity index (χ1v) is 9.04. The van der Waals surface area contributed by atoms with E-state index < -0.39 is 0 Å². The van der Waals surface area contributed by atoms with Crippen molar-refractivity contribution in [3.8, 4) is 0 Å². The Morgan fingerprint density at radius 1 is 0.269 bits per heavy atom. The van der Waals surface area contributed by atoms with Crippen molar-refractivity contribution in [2.24, 2.45) is 0 Å². The van der Waals surface area contributed by atoms with Crippen LogP contribution >= 0.6 is 0 Å². The monoisotopic (exact) mass is 328 g/mol. The Kier molecular flexibility index (Phi) is 2.70. The molecule has 120 valence electrons. The lowest BCUT2D eigenvalue weighted by atomic mass is 9.94. The Balaban J connectivity index is 1.79. The highest BCUT2D eigenvalue weighted by Gasteiger charge is 2.06. The molecule has 0 bridgehead atoms. The topological polar surface area (TPSA) is 0 Å². The van der Waals surface area contributed by atoms with Gasteiger partial charge in [-0.05, 0) is 78.1 Å². The standard InChI is InChI=1S/C26H16/c1-2-7-19-14-22-16-26-20(15-21(22)13-18(19)6-1)10-12-24-23-8-4-3-5-17(23)9-11-25(24)26/h1-16H. The third-order valence-corrected chi connectivity index (χ3v) is 5.56. The molecule has 0 fully saturated rings. The molecular weight excluding hydrogens is 312 g/mol. The first-order chi connectivity index (χ1) is 12.9. The van der Waals surface area contributed by atoms with Gasteiger partial charge in [-0.2, -0.15) is 0 Å². The molecular formula is C26H16. The summed E-state index contributed by atoms with van der Waals surface area (Å²) < 4.78 is 0. The predicted octanol–water partition coefficient (Wildman–Crippen LogP) is 7.45. The highest BCUT2D eigenvalue weighted by atomic mass is 14.1. The molecule has 0 N–H and O–H groups in total. The number of hydrogen-bond donors (Lipinski definition) is 0. The summed E-state index contributed by atoms with van der Waals surface area (Å²) in [5.41, 5.74) is 0. The zero-order valence-corrected chi connectivity index (χ0v) is 14.2. The first kappa shape index (κ1) is 13.9. The zero-order valence-electron chi connectivity index (χ0n) is 14.2. The highest BCUT2D eigenvalue weighted by molar-refractivity contribution is 6.19. The lowest BCUT2D eigenvalue weighted by Gasteiger charge is -2.10. The van der Waals surface area contributed by atoms with Crippen LogP contribution in [0, 0.1) is 0 Å². The van der Waals surface area contributed by atoms with Crippen LogP contribution in [0.3, 0.4) is 0 Å².